The molecule has 18 heavy (non-hydrogen) atoms. The number of carbonyl (C=O) groups is 1. The lowest BCUT2D eigenvalue weighted by Crippen LogP contribution is -2.29. The average molecular weight is 261 g/mol. The molecule has 1 N–H and O–H groups in total. The van der Waals surface area contributed by atoms with E-state index in [2.05, 4.69) is 0 Å². The number of nitrogens with one attached hydrogen (secondary N) is 1. The Hall–Kier alpha value is -1.72. The fourth-order valence-electron chi connectivity index (χ4n) is 1.13. The smallest absolute Gasteiger partial charge is 0.471 e. The largest absolute Gasteiger partial charge is 0.491 e. The van der Waals surface area contributed by atoms with Crippen LogP contribution in [-0.2, 0) is 4.79 Å². The summed E-state index contributed by atoms with van der Waals surface area (Å²) in [6, 6.07) is 5.75. The van der Waals surface area contributed by atoms with Gasteiger partial charge < -0.3 is 10.1 Å². The number of carbonyl (C=O) groups excluding carboxylic acids is 1. The molecular weight excluding hydrogens is 247 g/mol. The fraction of sp³-hybridized carbons (Fsp3) is 0.417. The van der Waals surface area contributed by atoms with Gasteiger partial charge in [0.1, 0.15) is 5.75 Å². The highest BCUT2D eigenvalue weighted by atomic mass is 19.4. The third kappa shape index (κ3) is 4.27. The molecule has 0 aliphatic rings. The van der Waals surface area contributed by atoms with E-state index in [4.69, 9.17) is 4.74 Å². The molecule has 0 saturated carbocycles. The first-order valence-electron chi connectivity index (χ1n) is 5.47. The Morgan fingerprint density at radius 1 is 1.33 bits per heavy atom. The number of ether oxygens (including phenoxy) is 1. The van der Waals surface area contributed by atoms with E-state index in [0.717, 1.165) is 6.42 Å². The normalized spacial score (nSPS) is 12.9. The molecule has 0 spiro atoms. The Morgan fingerprint density at radius 3 is 2.33 bits per heavy atom. The van der Waals surface area contributed by atoms with Crippen molar-refractivity contribution in [2.45, 2.75) is 32.5 Å². The number of alkyl halides is 3. The van der Waals surface area contributed by atoms with Crippen LogP contribution >= 0.6 is 0 Å². The molecule has 0 aromatic heterocycles. The van der Waals surface area contributed by atoms with Crippen molar-refractivity contribution >= 4 is 11.6 Å². The van der Waals surface area contributed by atoms with E-state index in [-0.39, 0.29) is 11.8 Å². The third-order valence-corrected chi connectivity index (χ3v) is 2.28. The minimum Gasteiger partial charge on any atom is -0.491 e. The van der Waals surface area contributed by atoms with Gasteiger partial charge in [-0.05, 0) is 37.6 Å². The van der Waals surface area contributed by atoms with Crippen LogP contribution < -0.4 is 10.1 Å². The minimum absolute atomic E-state index is 0.0283. The molecule has 0 bridgehead atoms. The summed E-state index contributed by atoms with van der Waals surface area (Å²) in [6.45, 7) is 3.85. The van der Waals surface area contributed by atoms with Gasteiger partial charge in [-0.25, -0.2) is 0 Å². The molecule has 0 saturated heterocycles. The van der Waals surface area contributed by atoms with Crippen LogP contribution in [0.15, 0.2) is 24.3 Å². The summed E-state index contributed by atoms with van der Waals surface area (Å²) in [4.78, 5) is 10.7. The zero-order valence-corrected chi connectivity index (χ0v) is 10.0. The molecule has 1 atom stereocenters. The highest BCUT2D eigenvalue weighted by Crippen LogP contribution is 2.21. The van der Waals surface area contributed by atoms with Crippen LogP contribution in [0.2, 0.25) is 0 Å². The molecule has 0 heterocycles. The summed E-state index contributed by atoms with van der Waals surface area (Å²) in [5.74, 6) is -1.44. The molecule has 1 aromatic carbocycles. The molecule has 0 fully saturated rings. The molecule has 100 valence electrons. The van der Waals surface area contributed by atoms with Crippen molar-refractivity contribution in [3.63, 3.8) is 0 Å². The van der Waals surface area contributed by atoms with Gasteiger partial charge in [0.25, 0.3) is 0 Å². The van der Waals surface area contributed by atoms with Gasteiger partial charge in [0.05, 0.1) is 6.10 Å². The second kappa shape index (κ2) is 5.75. The lowest BCUT2D eigenvalue weighted by molar-refractivity contribution is -0.167. The summed E-state index contributed by atoms with van der Waals surface area (Å²) in [6.07, 6.45) is -4.03. The average Bonchev–Trinajstić information content (AvgIpc) is 2.30. The van der Waals surface area contributed by atoms with Crippen LogP contribution in [-0.4, -0.2) is 18.2 Å². The van der Waals surface area contributed by atoms with Crippen LogP contribution in [0.4, 0.5) is 18.9 Å². The lowest BCUT2D eigenvalue weighted by Gasteiger charge is -2.13. The predicted molar refractivity (Wildman–Crippen MR) is 61.5 cm³/mol. The molecular formula is C12H14F3NO2. The third-order valence-electron chi connectivity index (χ3n) is 2.28. The van der Waals surface area contributed by atoms with Gasteiger partial charge in [0.15, 0.2) is 0 Å². The molecule has 6 heteroatoms. The van der Waals surface area contributed by atoms with Gasteiger partial charge in [-0.1, -0.05) is 6.92 Å². The molecule has 0 radical (unpaired) electrons. The van der Waals surface area contributed by atoms with E-state index >= 15 is 0 Å². The zero-order chi connectivity index (χ0) is 13.8. The van der Waals surface area contributed by atoms with E-state index in [9.17, 15) is 18.0 Å². The maximum absolute atomic E-state index is 12.0. The molecule has 1 rings (SSSR count). The van der Waals surface area contributed by atoms with Crippen LogP contribution in [0.1, 0.15) is 20.3 Å². The number of amides is 1. The number of hydrogen-bond acceptors (Lipinski definition) is 2. The minimum atomic E-state index is -4.88. The second-order valence-electron chi connectivity index (χ2n) is 3.81. The van der Waals surface area contributed by atoms with Crippen LogP contribution in [0.5, 0.6) is 5.75 Å². The Balaban J connectivity index is 2.63. The van der Waals surface area contributed by atoms with Crippen molar-refractivity contribution in [1.82, 2.24) is 0 Å². The van der Waals surface area contributed by atoms with Crippen molar-refractivity contribution in [1.29, 1.82) is 0 Å². The summed E-state index contributed by atoms with van der Waals surface area (Å²) >= 11 is 0. The summed E-state index contributed by atoms with van der Waals surface area (Å²) in [5, 5.41) is 1.76. The molecule has 0 aliphatic heterocycles. The fourth-order valence-corrected chi connectivity index (χ4v) is 1.13. The van der Waals surface area contributed by atoms with Gasteiger partial charge in [-0.15, -0.1) is 0 Å². The van der Waals surface area contributed by atoms with Gasteiger partial charge in [0, 0.05) is 5.69 Å². The van der Waals surface area contributed by atoms with Crippen LogP contribution in [0.25, 0.3) is 0 Å². The molecule has 1 aromatic rings. The maximum atomic E-state index is 12.0. The second-order valence-corrected chi connectivity index (χ2v) is 3.81. The Labute approximate surface area is 103 Å². The Kier molecular flexibility index (Phi) is 4.58. The SMILES string of the molecule is CC[C@@H](C)Oc1ccc(NC(=O)C(F)(F)F)cc1. The summed E-state index contributed by atoms with van der Waals surface area (Å²) in [5.41, 5.74) is 0.0776. The number of halogens is 3. The van der Waals surface area contributed by atoms with Crippen molar-refractivity contribution in [2.24, 2.45) is 0 Å². The van der Waals surface area contributed by atoms with Crippen LogP contribution in [0, 0.1) is 0 Å². The first-order valence-corrected chi connectivity index (χ1v) is 5.47. The topological polar surface area (TPSA) is 38.3 Å². The highest BCUT2D eigenvalue weighted by molar-refractivity contribution is 5.94. The highest BCUT2D eigenvalue weighted by Gasteiger charge is 2.38. The van der Waals surface area contributed by atoms with E-state index < -0.39 is 12.1 Å². The molecule has 0 unspecified atom stereocenters. The van der Waals surface area contributed by atoms with Gasteiger partial charge in [-0.3, -0.25) is 4.79 Å². The maximum Gasteiger partial charge on any atom is 0.471 e. The first-order chi connectivity index (χ1) is 8.32. The standard InChI is InChI=1S/C12H14F3NO2/c1-3-8(2)18-10-6-4-9(5-7-10)16-11(17)12(13,14)15/h4-8H,3H2,1-2H3,(H,16,17)/t8-/m1/s1. The number of hydrogen-bond donors (Lipinski definition) is 1. The lowest BCUT2D eigenvalue weighted by atomic mass is 10.2. The van der Waals surface area contributed by atoms with E-state index in [1.165, 1.54) is 24.3 Å². The predicted octanol–water partition coefficient (Wildman–Crippen LogP) is 3.36. The van der Waals surface area contributed by atoms with E-state index in [1.54, 1.807) is 5.32 Å². The number of anilines is 1. The van der Waals surface area contributed by atoms with Gasteiger partial charge in [-0.2, -0.15) is 13.2 Å². The van der Waals surface area contributed by atoms with Crippen molar-refractivity contribution in [2.75, 3.05) is 5.32 Å². The molecule has 3 nitrogen and oxygen atoms in total. The Morgan fingerprint density at radius 2 is 1.89 bits per heavy atom. The van der Waals surface area contributed by atoms with Gasteiger partial charge in [0.2, 0.25) is 0 Å². The number of benzene rings is 1. The van der Waals surface area contributed by atoms with Crippen molar-refractivity contribution in [3.05, 3.63) is 24.3 Å². The number of rotatable bonds is 4. The van der Waals surface area contributed by atoms with E-state index in [1.807, 2.05) is 13.8 Å². The zero-order valence-electron chi connectivity index (χ0n) is 10.0. The molecule has 1 amide bonds. The van der Waals surface area contributed by atoms with Gasteiger partial charge >= 0.3 is 12.1 Å². The van der Waals surface area contributed by atoms with E-state index in [0.29, 0.717) is 5.75 Å². The Bertz CT molecular complexity index is 401. The monoisotopic (exact) mass is 261 g/mol. The van der Waals surface area contributed by atoms with Crippen LogP contribution in [0.3, 0.4) is 0 Å². The summed E-state index contributed by atoms with van der Waals surface area (Å²) in [7, 11) is 0. The van der Waals surface area contributed by atoms with Crippen molar-refractivity contribution in [3.8, 4) is 5.75 Å². The van der Waals surface area contributed by atoms with Crippen molar-refractivity contribution < 1.29 is 22.7 Å². The quantitative estimate of drug-likeness (QED) is 0.902. The molecule has 0 aliphatic carbocycles. The first kappa shape index (κ1) is 14.3. The summed E-state index contributed by atoms with van der Waals surface area (Å²) < 4.78 is 41.4.